The fourth-order valence-corrected chi connectivity index (χ4v) is 1.56. The predicted molar refractivity (Wildman–Crippen MR) is 41.4 cm³/mol. The third-order valence-electron chi connectivity index (χ3n) is 0.992. The molecule has 0 saturated carbocycles. The van der Waals surface area contributed by atoms with Crippen LogP contribution in [-0.2, 0) is 0 Å². The molecule has 0 saturated heterocycles. The molecule has 0 radical (unpaired) electrons. The summed E-state index contributed by atoms with van der Waals surface area (Å²) in [6.07, 6.45) is 3.37. The van der Waals surface area contributed by atoms with Crippen LogP contribution in [-0.4, -0.2) is 17.3 Å². The van der Waals surface area contributed by atoms with Crippen molar-refractivity contribution in [2.75, 3.05) is 12.0 Å². The number of hydrogen-bond acceptors (Lipinski definition) is 2. The molecule has 0 aromatic rings. The molecular formula is C5H12S2. The maximum absolute atomic E-state index is 4.15. The molecule has 0 amide bonds. The molecule has 0 aromatic heterocycles. The summed E-state index contributed by atoms with van der Waals surface area (Å²) in [5.41, 5.74) is 0. The minimum atomic E-state index is 0.767. The molecule has 0 N–H and O–H groups in total. The summed E-state index contributed by atoms with van der Waals surface area (Å²) in [6, 6.07) is 0. The maximum Gasteiger partial charge on any atom is 0.0130 e. The molecule has 1 unspecified atom stereocenters. The van der Waals surface area contributed by atoms with Crippen molar-refractivity contribution >= 4 is 24.4 Å². The Morgan fingerprint density at radius 3 is 2.29 bits per heavy atom. The summed E-state index contributed by atoms with van der Waals surface area (Å²) in [5.74, 6) is 1.01. The first kappa shape index (κ1) is 7.70. The van der Waals surface area contributed by atoms with E-state index in [1.165, 1.54) is 6.42 Å². The Hall–Kier alpha value is 0.700. The van der Waals surface area contributed by atoms with E-state index in [1.807, 2.05) is 11.8 Å². The van der Waals surface area contributed by atoms with Gasteiger partial charge in [-0.2, -0.15) is 24.4 Å². The molecule has 44 valence electrons. The van der Waals surface area contributed by atoms with Gasteiger partial charge in [0.2, 0.25) is 0 Å². The van der Waals surface area contributed by atoms with Gasteiger partial charge in [-0.05, 0) is 12.7 Å². The van der Waals surface area contributed by atoms with Crippen LogP contribution in [0.5, 0.6) is 0 Å². The van der Waals surface area contributed by atoms with Crippen molar-refractivity contribution in [3.8, 4) is 0 Å². The molecule has 0 aliphatic heterocycles. The summed E-state index contributed by atoms with van der Waals surface area (Å²) in [5, 5.41) is 0.767. The molecule has 0 fully saturated rings. The Balaban J connectivity index is 2.99. The van der Waals surface area contributed by atoms with E-state index in [9.17, 15) is 0 Å². The van der Waals surface area contributed by atoms with Crippen molar-refractivity contribution in [2.45, 2.75) is 18.6 Å². The number of rotatable bonds is 3. The van der Waals surface area contributed by atoms with E-state index in [1.54, 1.807) is 0 Å². The monoisotopic (exact) mass is 136 g/mol. The molecular weight excluding hydrogens is 124 g/mol. The van der Waals surface area contributed by atoms with E-state index in [2.05, 4.69) is 25.8 Å². The van der Waals surface area contributed by atoms with Gasteiger partial charge in [-0.3, -0.25) is 0 Å². The zero-order chi connectivity index (χ0) is 5.70. The van der Waals surface area contributed by atoms with Crippen LogP contribution in [0.4, 0.5) is 0 Å². The Bertz CT molecular complexity index is 27.6. The largest absolute Gasteiger partial charge is 0.178 e. The lowest BCUT2D eigenvalue weighted by atomic mass is 10.4. The molecule has 0 heterocycles. The Morgan fingerprint density at radius 1 is 1.71 bits per heavy atom. The SMILES string of the molecule is CCC(CS)SC. The first-order valence-corrected chi connectivity index (χ1v) is 4.40. The standard InChI is InChI=1S/C5H12S2/c1-3-5(4-6)7-2/h5-6H,3-4H2,1-2H3. The van der Waals surface area contributed by atoms with Crippen LogP contribution in [0.15, 0.2) is 0 Å². The van der Waals surface area contributed by atoms with Crippen molar-refractivity contribution in [3.63, 3.8) is 0 Å². The molecule has 0 aromatic carbocycles. The quantitative estimate of drug-likeness (QED) is 0.579. The topological polar surface area (TPSA) is 0 Å². The summed E-state index contributed by atoms with van der Waals surface area (Å²) >= 11 is 6.05. The van der Waals surface area contributed by atoms with Crippen LogP contribution in [0.3, 0.4) is 0 Å². The van der Waals surface area contributed by atoms with E-state index < -0.39 is 0 Å². The first-order valence-electron chi connectivity index (χ1n) is 2.48. The zero-order valence-corrected chi connectivity index (χ0v) is 6.56. The van der Waals surface area contributed by atoms with Crippen molar-refractivity contribution in [2.24, 2.45) is 0 Å². The van der Waals surface area contributed by atoms with Gasteiger partial charge in [0, 0.05) is 11.0 Å². The number of thioether (sulfide) groups is 1. The lowest BCUT2D eigenvalue weighted by Gasteiger charge is -2.04. The second-order valence-electron chi connectivity index (χ2n) is 1.45. The summed E-state index contributed by atoms with van der Waals surface area (Å²) in [4.78, 5) is 0. The fourth-order valence-electron chi connectivity index (χ4n) is 0.370. The third-order valence-corrected chi connectivity index (χ3v) is 2.85. The second-order valence-corrected chi connectivity index (χ2v) is 2.95. The average molecular weight is 136 g/mol. The minimum absolute atomic E-state index is 0.767. The summed E-state index contributed by atoms with van der Waals surface area (Å²) < 4.78 is 0. The Morgan fingerprint density at radius 2 is 2.29 bits per heavy atom. The minimum Gasteiger partial charge on any atom is -0.178 e. The lowest BCUT2D eigenvalue weighted by molar-refractivity contribution is 0.922. The van der Waals surface area contributed by atoms with Crippen molar-refractivity contribution in [1.29, 1.82) is 0 Å². The highest BCUT2D eigenvalue weighted by Gasteiger charge is 1.97. The zero-order valence-electron chi connectivity index (χ0n) is 4.85. The molecule has 0 aliphatic carbocycles. The van der Waals surface area contributed by atoms with Gasteiger partial charge in [-0.15, -0.1) is 0 Å². The van der Waals surface area contributed by atoms with Crippen LogP contribution >= 0.6 is 24.4 Å². The van der Waals surface area contributed by atoms with E-state index in [0.717, 1.165) is 11.0 Å². The van der Waals surface area contributed by atoms with Crippen LogP contribution in [0.2, 0.25) is 0 Å². The van der Waals surface area contributed by atoms with Gasteiger partial charge in [-0.1, -0.05) is 6.92 Å². The van der Waals surface area contributed by atoms with Crippen molar-refractivity contribution < 1.29 is 0 Å². The van der Waals surface area contributed by atoms with E-state index in [-0.39, 0.29) is 0 Å². The van der Waals surface area contributed by atoms with E-state index >= 15 is 0 Å². The molecule has 1 atom stereocenters. The highest BCUT2D eigenvalue weighted by atomic mass is 32.2. The number of hydrogen-bond donors (Lipinski definition) is 1. The number of thiol groups is 1. The highest BCUT2D eigenvalue weighted by Crippen LogP contribution is 2.10. The van der Waals surface area contributed by atoms with Crippen LogP contribution in [0, 0.1) is 0 Å². The van der Waals surface area contributed by atoms with Gasteiger partial charge >= 0.3 is 0 Å². The molecule has 0 aliphatic rings. The average Bonchev–Trinajstić information content (AvgIpc) is 1.72. The smallest absolute Gasteiger partial charge is 0.0130 e. The molecule has 2 heteroatoms. The molecule has 0 rings (SSSR count). The summed E-state index contributed by atoms with van der Waals surface area (Å²) in [7, 11) is 0. The van der Waals surface area contributed by atoms with Gasteiger partial charge in [-0.25, -0.2) is 0 Å². The van der Waals surface area contributed by atoms with Crippen molar-refractivity contribution in [1.82, 2.24) is 0 Å². The van der Waals surface area contributed by atoms with Gasteiger partial charge in [0.05, 0.1) is 0 Å². The van der Waals surface area contributed by atoms with E-state index in [0.29, 0.717) is 0 Å². The van der Waals surface area contributed by atoms with E-state index in [4.69, 9.17) is 0 Å². The molecule has 0 spiro atoms. The van der Waals surface area contributed by atoms with Gasteiger partial charge < -0.3 is 0 Å². The molecule has 0 bridgehead atoms. The maximum atomic E-state index is 4.15. The third kappa shape index (κ3) is 3.30. The normalized spacial score (nSPS) is 14.1. The van der Waals surface area contributed by atoms with Crippen LogP contribution < -0.4 is 0 Å². The lowest BCUT2D eigenvalue weighted by Crippen LogP contribution is -1.99. The fraction of sp³-hybridized carbons (Fsp3) is 1.00. The van der Waals surface area contributed by atoms with Gasteiger partial charge in [0.15, 0.2) is 0 Å². The van der Waals surface area contributed by atoms with Crippen LogP contribution in [0.25, 0.3) is 0 Å². The summed E-state index contributed by atoms with van der Waals surface area (Å²) in [6.45, 7) is 2.19. The second kappa shape index (κ2) is 4.85. The predicted octanol–water partition coefficient (Wildman–Crippen LogP) is 2.06. The molecule has 0 nitrogen and oxygen atoms in total. The Kier molecular flexibility index (Phi) is 5.33. The first-order chi connectivity index (χ1) is 3.35. The Labute approximate surface area is 55.5 Å². The van der Waals surface area contributed by atoms with Crippen LogP contribution in [0.1, 0.15) is 13.3 Å². The van der Waals surface area contributed by atoms with Crippen molar-refractivity contribution in [3.05, 3.63) is 0 Å². The van der Waals surface area contributed by atoms with Gasteiger partial charge in [0.25, 0.3) is 0 Å². The molecule has 7 heavy (non-hydrogen) atoms. The highest BCUT2D eigenvalue weighted by molar-refractivity contribution is 7.99. The van der Waals surface area contributed by atoms with Gasteiger partial charge in [0.1, 0.15) is 0 Å².